The zero-order valence-electron chi connectivity index (χ0n) is 24.6. The first-order valence-corrected chi connectivity index (χ1v) is 15.2. The predicted octanol–water partition coefficient (Wildman–Crippen LogP) is 8.11. The maximum atomic E-state index is 11.0. The highest BCUT2D eigenvalue weighted by atomic mass is 16.5. The first-order chi connectivity index (χ1) is 17.6. The molecule has 5 heteroatoms. The maximum absolute atomic E-state index is 11.0. The van der Waals surface area contributed by atoms with E-state index < -0.39 is 0 Å². The van der Waals surface area contributed by atoms with E-state index in [-0.39, 0.29) is 5.97 Å². The lowest BCUT2D eigenvalue weighted by Crippen LogP contribution is -2.37. The lowest BCUT2D eigenvalue weighted by molar-refractivity contribution is -0.140. The highest BCUT2D eigenvalue weighted by molar-refractivity contribution is 5.68. The number of unbranched alkanes of at least 4 members (excludes halogenated alkanes) is 15. The van der Waals surface area contributed by atoms with Crippen molar-refractivity contribution in [2.75, 3.05) is 47.6 Å². The minimum absolute atomic E-state index is 0.0866. The lowest BCUT2D eigenvalue weighted by atomic mass is 10.1. The summed E-state index contributed by atoms with van der Waals surface area (Å²) < 4.78 is 16.5. The Kier molecular flexibility index (Phi) is 27.9. The molecule has 0 saturated carbocycles. The number of likely N-dealkylation sites (N-methyl/N-ethyl adjacent to an activating group) is 1. The Balaban J connectivity index is 3.41. The summed E-state index contributed by atoms with van der Waals surface area (Å²) in [6, 6.07) is 0.352. The summed E-state index contributed by atoms with van der Waals surface area (Å²) in [6.45, 7) is 5.55. The molecule has 0 heterocycles. The van der Waals surface area contributed by atoms with Gasteiger partial charge in [0.15, 0.2) is 0 Å². The number of hydrogen-bond donors (Lipinski definition) is 0. The molecule has 0 spiro atoms. The van der Waals surface area contributed by atoms with Crippen molar-refractivity contribution < 1.29 is 19.0 Å². The topological polar surface area (TPSA) is 48.0 Å². The van der Waals surface area contributed by atoms with Gasteiger partial charge in [0.25, 0.3) is 0 Å². The van der Waals surface area contributed by atoms with E-state index in [2.05, 4.69) is 42.8 Å². The number of methoxy groups -OCH3 is 1. The molecular weight excluding hydrogens is 450 g/mol. The fraction of sp³-hybridized carbons (Fsp3) is 0.903. The van der Waals surface area contributed by atoms with Crippen molar-refractivity contribution in [2.45, 2.75) is 135 Å². The third kappa shape index (κ3) is 26.2. The summed E-state index contributed by atoms with van der Waals surface area (Å²) in [7, 11) is 5.69. The van der Waals surface area contributed by atoms with Crippen LogP contribution in [0.4, 0.5) is 0 Å². The van der Waals surface area contributed by atoms with Gasteiger partial charge in [-0.25, -0.2) is 0 Å². The normalized spacial score (nSPS) is 12.6. The summed E-state index contributed by atoms with van der Waals surface area (Å²) in [4.78, 5) is 13.3. The van der Waals surface area contributed by atoms with Crippen molar-refractivity contribution in [1.29, 1.82) is 0 Å². The molecule has 0 fully saturated rings. The molecule has 0 radical (unpaired) electrons. The minimum atomic E-state index is -0.0866. The summed E-state index contributed by atoms with van der Waals surface area (Å²) in [6.07, 6.45) is 27.7. The van der Waals surface area contributed by atoms with E-state index in [0.29, 0.717) is 12.5 Å². The smallest absolute Gasteiger partial charge is 0.305 e. The van der Waals surface area contributed by atoms with Gasteiger partial charge in [-0.15, -0.1) is 0 Å². The fourth-order valence-electron chi connectivity index (χ4n) is 4.17. The molecule has 5 nitrogen and oxygen atoms in total. The molecule has 36 heavy (non-hydrogen) atoms. The van der Waals surface area contributed by atoms with Crippen LogP contribution in [0.2, 0.25) is 0 Å². The molecule has 1 atom stereocenters. The molecule has 0 aliphatic rings. The van der Waals surface area contributed by atoms with Crippen molar-refractivity contribution in [1.82, 2.24) is 4.90 Å². The van der Waals surface area contributed by atoms with Gasteiger partial charge < -0.3 is 19.1 Å². The summed E-state index contributed by atoms with van der Waals surface area (Å²) >= 11 is 0. The number of nitrogens with zero attached hydrogens (tertiary/aromatic N) is 1. The number of allylic oxidation sites excluding steroid dienone is 2. The number of esters is 1. The van der Waals surface area contributed by atoms with Gasteiger partial charge in [0.2, 0.25) is 0 Å². The van der Waals surface area contributed by atoms with Crippen LogP contribution >= 0.6 is 0 Å². The second-order valence-electron chi connectivity index (χ2n) is 10.4. The first-order valence-electron chi connectivity index (χ1n) is 15.2. The zero-order valence-corrected chi connectivity index (χ0v) is 24.6. The Hall–Kier alpha value is -0.910. The Morgan fingerprint density at radius 2 is 1.11 bits per heavy atom. The van der Waals surface area contributed by atoms with E-state index >= 15 is 0 Å². The highest BCUT2D eigenvalue weighted by Crippen LogP contribution is 2.10. The monoisotopic (exact) mass is 511 g/mol. The third-order valence-corrected chi connectivity index (χ3v) is 6.80. The molecule has 214 valence electrons. The third-order valence-electron chi connectivity index (χ3n) is 6.80. The summed E-state index contributed by atoms with van der Waals surface area (Å²) in [5.74, 6) is -0.0866. The van der Waals surface area contributed by atoms with E-state index in [1.165, 1.54) is 97.0 Å². The molecule has 0 rings (SSSR count). The second-order valence-corrected chi connectivity index (χ2v) is 10.4. The Labute approximate surface area is 224 Å². The molecule has 0 aromatic rings. The number of hydrogen-bond acceptors (Lipinski definition) is 5. The van der Waals surface area contributed by atoms with Gasteiger partial charge >= 0.3 is 5.97 Å². The molecule has 0 bridgehead atoms. The highest BCUT2D eigenvalue weighted by Gasteiger charge is 2.11. The number of ether oxygens (including phenoxy) is 3. The lowest BCUT2D eigenvalue weighted by Gasteiger charge is -2.24. The van der Waals surface area contributed by atoms with E-state index in [4.69, 9.17) is 9.47 Å². The van der Waals surface area contributed by atoms with Crippen molar-refractivity contribution in [2.24, 2.45) is 0 Å². The van der Waals surface area contributed by atoms with Crippen molar-refractivity contribution >= 4 is 5.97 Å². The summed E-state index contributed by atoms with van der Waals surface area (Å²) in [5.41, 5.74) is 0. The van der Waals surface area contributed by atoms with Crippen LogP contribution in [0, 0.1) is 0 Å². The van der Waals surface area contributed by atoms with Gasteiger partial charge in [-0.1, -0.05) is 89.7 Å². The fourth-order valence-corrected chi connectivity index (χ4v) is 4.17. The van der Waals surface area contributed by atoms with Gasteiger partial charge in [0.1, 0.15) is 0 Å². The number of carbonyl (C=O) groups excluding carboxylic acids is 1. The predicted molar refractivity (Wildman–Crippen MR) is 154 cm³/mol. The largest absolute Gasteiger partial charge is 0.469 e. The van der Waals surface area contributed by atoms with Crippen molar-refractivity contribution in [3.8, 4) is 0 Å². The van der Waals surface area contributed by atoms with Crippen LogP contribution in [0.3, 0.4) is 0 Å². The standard InChI is InChI=1S/C31H61NO4/c1-5-6-7-8-20-23-26-35-28-30(32(2)3)29-36-27-24-21-18-16-14-12-10-9-11-13-15-17-19-22-25-31(33)34-4/h9,11,30H,5-8,10,12-29H2,1-4H3. The molecule has 0 amide bonds. The van der Waals surface area contributed by atoms with Crippen LogP contribution < -0.4 is 0 Å². The molecule has 1 unspecified atom stereocenters. The zero-order chi connectivity index (χ0) is 26.5. The van der Waals surface area contributed by atoms with Crippen molar-refractivity contribution in [3.05, 3.63) is 12.2 Å². The maximum Gasteiger partial charge on any atom is 0.305 e. The molecule has 0 N–H and O–H groups in total. The number of rotatable bonds is 28. The van der Waals surface area contributed by atoms with Crippen LogP contribution in [-0.4, -0.2) is 64.5 Å². The van der Waals surface area contributed by atoms with E-state index in [1.807, 2.05) is 0 Å². The second kappa shape index (κ2) is 28.7. The minimum Gasteiger partial charge on any atom is -0.469 e. The van der Waals surface area contributed by atoms with Crippen LogP contribution in [0.5, 0.6) is 0 Å². The molecule has 0 saturated heterocycles. The number of carbonyl (C=O) groups is 1. The molecular formula is C31H61NO4. The van der Waals surface area contributed by atoms with Crippen LogP contribution in [0.25, 0.3) is 0 Å². The molecule has 0 aromatic carbocycles. The van der Waals surface area contributed by atoms with E-state index in [0.717, 1.165) is 52.1 Å². The Morgan fingerprint density at radius 3 is 1.58 bits per heavy atom. The van der Waals surface area contributed by atoms with Gasteiger partial charge in [0, 0.05) is 19.6 Å². The van der Waals surface area contributed by atoms with Crippen LogP contribution in [-0.2, 0) is 19.0 Å². The van der Waals surface area contributed by atoms with E-state index in [9.17, 15) is 4.79 Å². The van der Waals surface area contributed by atoms with Gasteiger partial charge in [-0.05, 0) is 59.0 Å². The molecule has 0 aliphatic heterocycles. The molecule has 0 aromatic heterocycles. The van der Waals surface area contributed by atoms with Crippen LogP contribution in [0.1, 0.15) is 129 Å². The average Bonchev–Trinajstić information content (AvgIpc) is 2.87. The van der Waals surface area contributed by atoms with Crippen molar-refractivity contribution in [3.63, 3.8) is 0 Å². The van der Waals surface area contributed by atoms with Gasteiger partial charge in [-0.3, -0.25) is 4.79 Å². The SMILES string of the molecule is CCCCCCCCOCC(COCCCCCCCCC=CCCCCCCC(=O)OC)N(C)C. The summed E-state index contributed by atoms with van der Waals surface area (Å²) in [5, 5.41) is 0. The first kappa shape index (κ1) is 35.1. The Morgan fingerprint density at radius 1 is 0.667 bits per heavy atom. The van der Waals surface area contributed by atoms with Crippen LogP contribution in [0.15, 0.2) is 12.2 Å². The average molecular weight is 512 g/mol. The van der Waals surface area contributed by atoms with E-state index in [1.54, 1.807) is 0 Å². The Bertz CT molecular complexity index is 481. The quantitative estimate of drug-likeness (QED) is 0.0603. The van der Waals surface area contributed by atoms with Gasteiger partial charge in [-0.2, -0.15) is 0 Å². The molecule has 0 aliphatic carbocycles. The van der Waals surface area contributed by atoms with Gasteiger partial charge in [0.05, 0.1) is 26.4 Å².